The van der Waals surface area contributed by atoms with Crippen molar-refractivity contribution in [3.05, 3.63) is 119 Å². The number of ether oxygens (including phenoxy) is 3. The summed E-state index contributed by atoms with van der Waals surface area (Å²) in [4.78, 5) is 9.69. The second kappa shape index (κ2) is 9.53. The van der Waals surface area contributed by atoms with Gasteiger partial charge in [0.05, 0.1) is 42.6 Å². The van der Waals surface area contributed by atoms with E-state index in [4.69, 9.17) is 34.4 Å². The van der Waals surface area contributed by atoms with Gasteiger partial charge in [-0.05, 0) is 42.3 Å². The van der Waals surface area contributed by atoms with Crippen LogP contribution in [-0.4, -0.2) is 43.6 Å². The van der Waals surface area contributed by atoms with E-state index in [-0.39, 0.29) is 5.92 Å². The Morgan fingerprint density at radius 1 is 0.850 bits per heavy atom. The van der Waals surface area contributed by atoms with E-state index in [1.54, 1.807) is 25.1 Å². The highest BCUT2D eigenvalue weighted by molar-refractivity contribution is 5.66. The number of methoxy groups -OCH3 is 2. The number of benzene rings is 3. The van der Waals surface area contributed by atoms with Crippen LogP contribution in [0.15, 0.2) is 85.2 Å². The van der Waals surface area contributed by atoms with E-state index >= 15 is 0 Å². The normalized spacial score (nSPS) is 13.9. The summed E-state index contributed by atoms with van der Waals surface area (Å²) >= 11 is 0. The van der Waals surface area contributed by atoms with Crippen LogP contribution in [0.1, 0.15) is 39.7 Å². The van der Waals surface area contributed by atoms with Crippen molar-refractivity contribution in [1.29, 1.82) is 0 Å². The van der Waals surface area contributed by atoms with E-state index in [0.717, 1.165) is 33.6 Å². The third-order valence-electron chi connectivity index (χ3n) is 7.21. The summed E-state index contributed by atoms with van der Waals surface area (Å²) in [5, 5.41) is 9.66. The Balaban J connectivity index is 1.38. The lowest BCUT2D eigenvalue weighted by atomic mass is 9.84. The highest BCUT2D eigenvalue weighted by Crippen LogP contribution is 2.49. The van der Waals surface area contributed by atoms with Crippen LogP contribution < -0.4 is 14.2 Å². The summed E-state index contributed by atoms with van der Waals surface area (Å²) in [6.45, 7) is 2.02. The Morgan fingerprint density at radius 3 is 2.35 bits per heavy atom. The molecule has 3 aromatic heterocycles. The van der Waals surface area contributed by atoms with Crippen molar-refractivity contribution in [3.8, 4) is 28.9 Å². The maximum Gasteiger partial charge on any atom is 0.230 e. The van der Waals surface area contributed by atoms with Crippen molar-refractivity contribution in [3.63, 3.8) is 0 Å². The molecule has 0 radical (unpaired) electrons. The van der Waals surface area contributed by atoms with Crippen LogP contribution in [0.3, 0.4) is 0 Å². The van der Waals surface area contributed by atoms with Gasteiger partial charge < -0.3 is 14.2 Å². The quantitative estimate of drug-likeness (QED) is 0.280. The summed E-state index contributed by atoms with van der Waals surface area (Å²) < 4.78 is 21.0. The molecule has 0 amide bonds. The molecule has 0 aliphatic carbocycles. The van der Waals surface area contributed by atoms with Crippen LogP contribution >= 0.6 is 0 Å². The molecule has 1 aliphatic heterocycles. The van der Waals surface area contributed by atoms with Gasteiger partial charge in [-0.1, -0.05) is 54.6 Å². The van der Waals surface area contributed by atoms with Crippen LogP contribution in [0, 0.1) is 6.92 Å². The number of hydrogen-bond donors (Lipinski definition) is 0. The van der Waals surface area contributed by atoms with Crippen molar-refractivity contribution in [2.45, 2.75) is 19.3 Å². The molecule has 0 unspecified atom stereocenters. The first-order valence-corrected chi connectivity index (χ1v) is 13.0. The van der Waals surface area contributed by atoms with Gasteiger partial charge in [0, 0.05) is 6.42 Å². The molecule has 9 heteroatoms. The lowest BCUT2D eigenvalue weighted by Gasteiger charge is -2.26. The first-order valence-electron chi connectivity index (χ1n) is 13.0. The van der Waals surface area contributed by atoms with Crippen molar-refractivity contribution in [2.24, 2.45) is 0 Å². The standard InChI is InChI=1S/C31H26N6O3/c1-19-26-27(21-10-6-4-7-11-21)28-29-33-25(17-20-14-15-23(38-2)24(16-20)39-3)35-36(29)18-32-30(28)40-31(26)37(34-19)22-12-8-5-9-13-22/h4-16,18,27H,17H2,1-3H3/t27-/m0/s1. The van der Waals surface area contributed by atoms with E-state index in [0.29, 0.717) is 41.2 Å². The summed E-state index contributed by atoms with van der Waals surface area (Å²) in [6, 6.07) is 26.2. The predicted molar refractivity (Wildman–Crippen MR) is 149 cm³/mol. The van der Waals surface area contributed by atoms with Gasteiger partial charge in [0.2, 0.25) is 11.8 Å². The summed E-state index contributed by atoms with van der Waals surface area (Å²) in [6.07, 6.45) is 2.17. The molecule has 0 saturated heterocycles. The SMILES string of the molecule is COc1ccc(Cc2nc3c4c(ncn3n2)Oc2c(c(C)nn2-c2ccccc2)[C@@H]4c2ccccc2)cc1OC. The fourth-order valence-corrected chi connectivity index (χ4v) is 5.39. The van der Waals surface area contributed by atoms with Gasteiger partial charge in [-0.25, -0.2) is 19.2 Å². The molecule has 9 nitrogen and oxygen atoms in total. The van der Waals surface area contributed by atoms with Crippen molar-refractivity contribution < 1.29 is 14.2 Å². The first kappa shape index (κ1) is 23.9. The first-order chi connectivity index (χ1) is 19.6. The van der Waals surface area contributed by atoms with Gasteiger partial charge >= 0.3 is 0 Å². The fraction of sp³-hybridized carbons (Fsp3) is 0.161. The van der Waals surface area contributed by atoms with Gasteiger partial charge in [0.15, 0.2) is 23.0 Å². The maximum absolute atomic E-state index is 6.50. The summed E-state index contributed by atoms with van der Waals surface area (Å²) in [7, 11) is 3.25. The Labute approximate surface area is 230 Å². The number of para-hydroxylation sites is 1. The molecule has 40 heavy (non-hydrogen) atoms. The van der Waals surface area contributed by atoms with E-state index in [1.807, 2.05) is 78.3 Å². The number of nitrogens with zero attached hydrogens (tertiary/aromatic N) is 6. The van der Waals surface area contributed by atoms with Gasteiger partial charge in [-0.3, -0.25) is 0 Å². The Hall–Kier alpha value is -5.18. The second-order valence-electron chi connectivity index (χ2n) is 9.62. The molecular weight excluding hydrogens is 504 g/mol. The lowest BCUT2D eigenvalue weighted by molar-refractivity contribution is 0.354. The lowest BCUT2D eigenvalue weighted by Crippen LogP contribution is -2.16. The van der Waals surface area contributed by atoms with Crippen LogP contribution in [0.5, 0.6) is 23.3 Å². The zero-order valence-corrected chi connectivity index (χ0v) is 22.3. The van der Waals surface area contributed by atoms with Crippen molar-refractivity contribution in [1.82, 2.24) is 29.4 Å². The number of aromatic nitrogens is 6. The average molecular weight is 531 g/mol. The molecule has 7 rings (SSSR count). The van der Waals surface area contributed by atoms with Gasteiger partial charge in [-0.15, -0.1) is 5.10 Å². The molecule has 0 spiro atoms. The highest BCUT2D eigenvalue weighted by Gasteiger charge is 2.38. The minimum absolute atomic E-state index is 0.188. The molecular formula is C31H26N6O3. The van der Waals surface area contributed by atoms with E-state index in [1.165, 1.54) is 0 Å². The van der Waals surface area contributed by atoms with Gasteiger partial charge in [0.25, 0.3) is 0 Å². The number of rotatable bonds is 6. The molecule has 198 valence electrons. The minimum Gasteiger partial charge on any atom is -0.493 e. The zero-order chi connectivity index (χ0) is 27.2. The number of aryl methyl sites for hydroxylation is 1. The molecule has 0 saturated carbocycles. The van der Waals surface area contributed by atoms with Gasteiger partial charge in [0.1, 0.15) is 6.33 Å². The van der Waals surface area contributed by atoms with Gasteiger partial charge in [-0.2, -0.15) is 5.10 Å². The predicted octanol–water partition coefficient (Wildman–Crippen LogP) is 5.51. The largest absolute Gasteiger partial charge is 0.493 e. The van der Waals surface area contributed by atoms with E-state index < -0.39 is 0 Å². The average Bonchev–Trinajstić information content (AvgIpc) is 3.57. The molecule has 0 fully saturated rings. The molecule has 4 heterocycles. The summed E-state index contributed by atoms with van der Waals surface area (Å²) in [5.41, 5.74) is 6.46. The molecule has 1 atom stereocenters. The third-order valence-corrected chi connectivity index (χ3v) is 7.21. The zero-order valence-electron chi connectivity index (χ0n) is 22.3. The van der Waals surface area contributed by atoms with Crippen LogP contribution in [-0.2, 0) is 6.42 Å². The van der Waals surface area contributed by atoms with Crippen molar-refractivity contribution >= 4 is 5.65 Å². The third kappa shape index (κ3) is 3.86. The maximum atomic E-state index is 6.50. The Bertz CT molecular complexity index is 1850. The van der Waals surface area contributed by atoms with Crippen LogP contribution in [0.4, 0.5) is 0 Å². The number of hydrogen-bond acceptors (Lipinski definition) is 7. The molecule has 3 aromatic carbocycles. The van der Waals surface area contributed by atoms with Crippen molar-refractivity contribution in [2.75, 3.05) is 14.2 Å². The van der Waals surface area contributed by atoms with E-state index in [2.05, 4.69) is 12.1 Å². The molecule has 1 aliphatic rings. The Kier molecular flexibility index (Phi) is 5.70. The molecule has 6 aromatic rings. The fourth-order valence-electron chi connectivity index (χ4n) is 5.39. The van der Waals surface area contributed by atoms with E-state index in [9.17, 15) is 0 Å². The summed E-state index contributed by atoms with van der Waals surface area (Å²) in [5.74, 6) is 2.97. The topological polar surface area (TPSA) is 88.6 Å². The smallest absolute Gasteiger partial charge is 0.230 e. The van der Waals surface area contributed by atoms with Crippen LogP contribution in [0.25, 0.3) is 11.3 Å². The minimum atomic E-state index is -0.188. The molecule has 0 bridgehead atoms. The highest BCUT2D eigenvalue weighted by atomic mass is 16.5. The Morgan fingerprint density at radius 2 is 1.60 bits per heavy atom. The monoisotopic (exact) mass is 530 g/mol. The van der Waals surface area contributed by atoms with Crippen LogP contribution in [0.2, 0.25) is 0 Å². The second-order valence-corrected chi connectivity index (χ2v) is 9.62. The number of fused-ring (bicyclic) bond motifs is 4. The molecule has 0 N–H and O–H groups in total.